The van der Waals surface area contributed by atoms with E-state index in [-0.39, 0.29) is 11.8 Å². The first-order valence-corrected chi connectivity index (χ1v) is 18.7. The molecule has 1 saturated heterocycles. The second-order valence-electron chi connectivity index (χ2n) is 13.1. The molecule has 6 heteroatoms. The summed E-state index contributed by atoms with van der Waals surface area (Å²) in [6.07, 6.45) is 25.9. The molecule has 3 rings (SSSR count). The van der Waals surface area contributed by atoms with Gasteiger partial charge in [0.15, 0.2) is 0 Å². The zero-order valence-corrected chi connectivity index (χ0v) is 29.0. The van der Waals surface area contributed by atoms with Gasteiger partial charge >= 0.3 is 0 Å². The van der Waals surface area contributed by atoms with Gasteiger partial charge < -0.3 is 20.1 Å². The van der Waals surface area contributed by atoms with Crippen LogP contribution in [0.4, 0.5) is 0 Å². The van der Waals surface area contributed by atoms with Gasteiger partial charge in [0, 0.05) is 0 Å². The van der Waals surface area contributed by atoms with Crippen molar-refractivity contribution in [3.8, 4) is 11.5 Å². The van der Waals surface area contributed by atoms with Crippen molar-refractivity contribution >= 4 is 11.8 Å². The molecule has 0 bridgehead atoms. The summed E-state index contributed by atoms with van der Waals surface area (Å²) >= 11 is 0. The summed E-state index contributed by atoms with van der Waals surface area (Å²) < 4.78 is 11.8. The third kappa shape index (κ3) is 14.6. The molecule has 0 radical (unpaired) electrons. The van der Waals surface area contributed by atoms with Crippen molar-refractivity contribution in [2.24, 2.45) is 0 Å². The van der Waals surface area contributed by atoms with Crippen LogP contribution in [-0.2, 0) is 9.59 Å². The minimum Gasteiger partial charge on any atom is -0.494 e. The van der Waals surface area contributed by atoms with Crippen LogP contribution in [0.25, 0.3) is 0 Å². The molecule has 2 aromatic carbocycles. The van der Waals surface area contributed by atoms with Crippen molar-refractivity contribution in [2.45, 2.75) is 154 Å². The highest BCUT2D eigenvalue weighted by Gasteiger charge is 2.35. The van der Waals surface area contributed by atoms with Crippen molar-refractivity contribution in [1.82, 2.24) is 10.6 Å². The van der Waals surface area contributed by atoms with Crippen molar-refractivity contribution in [2.75, 3.05) is 13.2 Å². The lowest BCUT2D eigenvalue weighted by Crippen LogP contribution is -2.52. The molecule has 1 heterocycles. The summed E-state index contributed by atoms with van der Waals surface area (Å²) in [6.45, 7) is 5.91. The van der Waals surface area contributed by atoms with Gasteiger partial charge in [-0.25, -0.2) is 0 Å². The zero-order valence-electron chi connectivity index (χ0n) is 29.0. The highest BCUT2D eigenvalue weighted by molar-refractivity contribution is 5.98. The number of benzene rings is 2. The molecule has 256 valence electrons. The summed E-state index contributed by atoms with van der Waals surface area (Å²) in [4.78, 5) is 26.0. The summed E-state index contributed by atoms with van der Waals surface area (Å²) in [6, 6.07) is 13.5. The summed E-state index contributed by atoms with van der Waals surface area (Å²) in [7, 11) is 0. The minimum absolute atomic E-state index is 0.218. The second kappa shape index (κ2) is 23.3. The lowest BCUT2D eigenvalue weighted by molar-refractivity contribution is -0.137. The maximum Gasteiger partial charge on any atom is 0.248 e. The third-order valence-electron chi connectivity index (χ3n) is 9.06. The van der Waals surface area contributed by atoms with E-state index in [1.165, 1.54) is 116 Å². The molecule has 2 atom stereocenters. The van der Waals surface area contributed by atoms with Crippen LogP contribution in [0.15, 0.2) is 48.5 Å². The van der Waals surface area contributed by atoms with Crippen molar-refractivity contribution in [1.29, 1.82) is 0 Å². The number of hydrogen-bond acceptors (Lipinski definition) is 4. The quantitative estimate of drug-likeness (QED) is 0.101. The van der Waals surface area contributed by atoms with Gasteiger partial charge in [-0.15, -0.1) is 0 Å². The van der Waals surface area contributed by atoms with Gasteiger partial charge in [0.1, 0.15) is 23.6 Å². The summed E-state index contributed by atoms with van der Waals surface area (Å²) in [5.74, 6) is 1.14. The molecule has 6 nitrogen and oxygen atoms in total. The number of carbonyl (C=O) groups excluding carboxylic acids is 2. The number of nitrogens with one attached hydrogen (secondary N) is 2. The fraction of sp³-hybridized carbons (Fsp3) is 0.650. The lowest BCUT2D eigenvalue weighted by atomic mass is 9.98. The smallest absolute Gasteiger partial charge is 0.248 e. The SMILES string of the molecule is CCCCCCCCCCCCOc1ccc([C@H]2NC(=O)[C@@H](c3ccc(OCCCCCCCCCCCC)cc3)NC2=O)cc1. The molecule has 0 spiro atoms. The Kier molecular flexibility index (Phi) is 19.0. The van der Waals surface area contributed by atoms with Crippen molar-refractivity contribution in [3.05, 3.63) is 59.7 Å². The van der Waals surface area contributed by atoms with Gasteiger partial charge in [-0.2, -0.15) is 0 Å². The molecule has 1 aliphatic heterocycles. The van der Waals surface area contributed by atoms with E-state index < -0.39 is 12.1 Å². The van der Waals surface area contributed by atoms with E-state index in [2.05, 4.69) is 24.5 Å². The molecule has 0 unspecified atom stereocenters. The number of unbranched alkanes of at least 4 members (excludes halogenated alkanes) is 18. The summed E-state index contributed by atoms with van der Waals surface area (Å²) in [5.41, 5.74) is 1.48. The Morgan fingerprint density at radius 3 is 1.02 bits per heavy atom. The van der Waals surface area contributed by atoms with Crippen LogP contribution in [0, 0.1) is 0 Å². The van der Waals surface area contributed by atoms with E-state index in [1.807, 2.05) is 48.5 Å². The number of amides is 2. The molecule has 2 N–H and O–H groups in total. The lowest BCUT2D eigenvalue weighted by Gasteiger charge is -2.30. The number of carbonyl (C=O) groups is 2. The first kappa shape index (κ1) is 37.4. The van der Waals surface area contributed by atoms with Crippen LogP contribution in [0.5, 0.6) is 11.5 Å². The minimum atomic E-state index is -0.719. The number of rotatable bonds is 26. The van der Waals surface area contributed by atoms with Gasteiger partial charge in [-0.3, -0.25) is 9.59 Å². The van der Waals surface area contributed by atoms with E-state index in [1.54, 1.807) is 0 Å². The maximum absolute atomic E-state index is 13.0. The standard InChI is InChI=1S/C40H62N2O4/c1-3-5-7-9-11-13-15-17-19-21-31-45-35-27-23-33(24-28-35)37-39(43)42-38(40(44)41-37)34-25-29-36(30-26-34)46-32-22-20-18-16-14-12-10-8-6-4-2/h23-30,37-38H,3-22,31-32H2,1-2H3,(H,41,44)(H,42,43)/t37-,38-/m1/s1. The normalized spacial score (nSPS) is 16.2. The van der Waals surface area contributed by atoms with E-state index in [0.717, 1.165) is 35.5 Å². The molecule has 1 fully saturated rings. The Hall–Kier alpha value is -3.02. The van der Waals surface area contributed by atoms with Crippen molar-refractivity contribution < 1.29 is 19.1 Å². The second-order valence-corrected chi connectivity index (χ2v) is 13.1. The molecule has 0 aliphatic carbocycles. The van der Waals surface area contributed by atoms with E-state index in [4.69, 9.17) is 9.47 Å². The highest BCUT2D eigenvalue weighted by atomic mass is 16.5. The Bertz CT molecular complexity index is 998. The van der Waals surface area contributed by atoms with Crippen LogP contribution in [0.1, 0.15) is 165 Å². The molecule has 46 heavy (non-hydrogen) atoms. The Morgan fingerprint density at radius 2 is 0.717 bits per heavy atom. The van der Waals surface area contributed by atoms with E-state index in [9.17, 15) is 9.59 Å². The van der Waals surface area contributed by atoms with Crippen molar-refractivity contribution in [3.63, 3.8) is 0 Å². The van der Waals surface area contributed by atoms with Crippen LogP contribution < -0.4 is 20.1 Å². The first-order chi connectivity index (χ1) is 22.6. The Morgan fingerprint density at radius 1 is 0.435 bits per heavy atom. The largest absolute Gasteiger partial charge is 0.494 e. The molecule has 0 saturated carbocycles. The Labute approximate surface area is 279 Å². The zero-order chi connectivity index (χ0) is 32.7. The predicted molar refractivity (Wildman–Crippen MR) is 189 cm³/mol. The molecule has 2 amide bonds. The average Bonchev–Trinajstić information content (AvgIpc) is 3.07. The first-order valence-electron chi connectivity index (χ1n) is 18.7. The number of hydrogen-bond donors (Lipinski definition) is 2. The fourth-order valence-corrected chi connectivity index (χ4v) is 6.12. The van der Waals surface area contributed by atoms with Crippen LogP contribution in [0.3, 0.4) is 0 Å². The molecule has 0 aromatic heterocycles. The Balaban J connectivity index is 1.29. The van der Waals surface area contributed by atoms with Gasteiger partial charge in [-0.05, 0) is 48.2 Å². The topological polar surface area (TPSA) is 76.7 Å². The maximum atomic E-state index is 13.0. The summed E-state index contributed by atoms with van der Waals surface area (Å²) in [5, 5.41) is 5.82. The monoisotopic (exact) mass is 634 g/mol. The van der Waals surface area contributed by atoms with Gasteiger partial charge in [0.2, 0.25) is 11.8 Å². The fourth-order valence-electron chi connectivity index (χ4n) is 6.12. The van der Waals surface area contributed by atoms with Gasteiger partial charge in [0.25, 0.3) is 0 Å². The molecular weight excluding hydrogens is 572 g/mol. The highest BCUT2D eigenvalue weighted by Crippen LogP contribution is 2.26. The molecule has 2 aromatic rings. The number of piperazine rings is 1. The van der Waals surface area contributed by atoms with Crippen LogP contribution >= 0.6 is 0 Å². The van der Waals surface area contributed by atoms with E-state index in [0.29, 0.717) is 13.2 Å². The van der Waals surface area contributed by atoms with E-state index >= 15 is 0 Å². The van der Waals surface area contributed by atoms with Crippen LogP contribution in [0.2, 0.25) is 0 Å². The molecular formula is C40H62N2O4. The third-order valence-corrected chi connectivity index (χ3v) is 9.06. The predicted octanol–water partition coefficient (Wildman–Crippen LogP) is 10.3. The van der Waals surface area contributed by atoms with Crippen LogP contribution in [-0.4, -0.2) is 25.0 Å². The molecule has 1 aliphatic rings. The average molecular weight is 635 g/mol. The number of ether oxygens (including phenoxy) is 2. The van der Waals surface area contributed by atoms with Gasteiger partial charge in [-0.1, -0.05) is 154 Å². The van der Waals surface area contributed by atoms with Gasteiger partial charge in [0.05, 0.1) is 13.2 Å².